The van der Waals surface area contributed by atoms with E-state index in [0.29, 0.717) is 30.3 Å². The average Bonchev–Trinajstić information content (AvgIpc) is 2.94. The van der Waals surface area contributed by atoms with E-state index in [1.165, 1.54) is 5.57 Å². The maximum Gasteiger partial charge on any atom is 0.238 e. The zero-order chi connectivity index (χ0) is 19.8. The first-order chi connectivity index (χ1) is 12.7. The minimum absolute atomic E-state index is 0.00966. The molecule has 0 aromatic heterocycles. The van der Waals surface area contributed by atoms with Gasteiger partial charge in [0, 0.05) is 6.42 Å². The van der Waals surface area contributed by atoms with Crippen molar-refractivity contribution in [2.45, 2.75) is 83.8 Å². The van der Waals surface area contributed by atoms with Crippen LogP contribution in [0.15, 0.2) is 35.5 Å². The van der Waals surface area contributed by atoms with E-state index in [1.54, 1.807) is 0 Å². The molecule has 3 aliphatic carbocycles. The Labute approximate surface area is 162 Å². The van der Waals surface area contributed by atoms with E-state index in [-0.39, 0.29) is 17.8 Å². The third-order valence-corrected chi connectivity index (χ3v) is 7.57. The topological polar surface area (TPSA) is 40.5 Å². The van der Waals surface area contributed by atoms with Gasteiger partial charge in [-0.3, -0.25) is 0 Å². The molecule has 2 N–H and O–H groups in total. The largest absolute Gasteiger partial charge is 0.388 e. The molecule has 0 aromatic rings. The van der Waals surface area contributed by atoms with Gasteiger partial charge in [0.1, 0.15) is 0 Å². The van der Waals surface area contributed by atoms with Gasteiger partial charge >= 0.3 is 0 Å². The molecule has 0 bridgehead atoms. The molecule has 0 saturated heterocycles. The van der Waals surface area contributed by atoms with Crippen LogP contribution in [-0.4, -0.2) is 28.8 Å². The lowest BCUT2D eigenvalue weighted by molar-refractivity contribution is 0.0522. The van der Waals surface area contributed by atoms with E-state index in [9.17, 15) is 19.0 Å². The van der Waals surface area contributed by atoms with Crippen LogP contribution in [-0.2, 0) is 0 Å². The van der Waals surface area contributed by atoms with Crippen LogP contribution in [0.2, 0.25) is 0 Å². The van der Waals surface area contributed by atoms with Crippen LogP contribution < -0.4 is 0 Å². The molecule has 152 valence electrons. The molecule has 3 aliphatic rings. The Kier molecular flexibility index (Phi) is 6.27. The predicted molar refractivity (Wildman–Crippen MR) is 105 cm³/mol. The smallest absolute Gasteiger partial charge is 0.238 e. The van der Waals surface area contributed by atoms with Gasteiger partial charge in [0.15, 0.2) is 0 Å². The Balaban J connectivity index is 1.76. The van der Waals surface area contributed by atoms with E-state index in [2.05, 4.69) is 25.7 Å². The van der Waals surface area contributed by atoms with Gasteiger partial charge < -0.3 is 10.2 Å². The molecule has 0 aromatic carbocycles. The first kappa shape index (κ1) is 20.7. The van der Waals surface area contributed by atoms with Gasteiger partial charge in [-0.1, -0.05) is 43.7 Å². The summed E-state index contributed by atoms with van der Waals surface area (Å²) in [5.41, 5.74) is 3.12. The lowest BCUT2D eigenvalue weighted by Crippen LogP contribution is -2.36. The molecule has 27 heavy (non-hydrogen) atoms. The monoisotopic (exact) mass is 380 g/mol. The summed E-state index contributed by atoms with van der Waals surface area (Å²) < 4.78 is 25.8. The SMILES string of the molecule is C=C1[C@H](O)CC(=C/C=C2\CCC[C@]3(C)[C@@H]([C@H](C)CC(F)F)CC[C@@H]23)C[C@H]1O. The number of hydrogen-bond acceptors (Lipinski definition) is 2. The summed E-state index contributed by atoms with van der Waals surface area (Å²) in [7, 11) is 0. The van der Waals surface area contributed by atoms with Crippen molar-refractivity contribution in [2.24, 2.45) is 23.2 Å². The van der Waals surface area contributed by atoms with Crippen LogP contribution >= 0.6 is 0 Å². The van der Waals surface area contributed by atoms with Crippen LogP contribution in [0.4, 0.5) is 8.78 Å². The van der Waals surface area contributed by atoms with Gasteiger partial charge in [-0.25, -0.2) is 8.78 Å². The number of rotatable bonds is 4. The number of alkyl halides is 2. The normalized spacial score (nSPS) is 39.7. The standard InChI is InChI=1S/C23H34F2O2/c1-14(11-22(24)25)18-8-9-19-17(5-4-10-23(18,19)3)7-6-16-12-20(26)15(2)21(27)13-16/h6-7,14,18-22,26-27H,2,4-5,8-13H2,1,3H3/b17-7+/t14-,18-,19+,20-,21-,23-/m1/s1. The number of fused-ring (bicyclic) bond motifs is 1. The molecule has 3 saturated carbocycles. The second-order valence-corrected chi connectivity index (χ2v) is 9.28. The molecule has 3 fully saturated rings. The Morgan fingerprint density at radius 3 is 2.48 bits per heavy atom. The summed E-state index contributed by atoms with van der Waals surface area (Å²) in [5, 5.41) is 20.1. The summed E-state index contributed by atoms with van der Waals surface area (Å²) in [6.07, 6.45) is 7.25. The Hall–Kier alpha value is -1.00. The van der Waals surface area contributed by atoms with E-state index in [0.717, 1.165) is 37.7 Å². The lowest BCUT2D eigenvalue weighted by atomic mass is 9.61. The van der Waals surface area contributed by atoms with Crippen molar-refractivity contribution < 1.29 is 19.0 Å². The van der Waals surface area contributed by atoms with Crippen LogP contribution in [0.3, 0.4) is 0 Å². The summed E-state index contributed by atoms with van der Waals surface area (Å²) in [4.78, 5) is 0. The second kappa shape index (κ2) is 8.16. The number of hydrogen-bond donors (Lipinski definition) is 2. The summed E-state index contributed by atoms with van der Waals surface area (Å²) >= 11 is 0. The van der Waals surface area contributed by atoms with Crippen molar-refractivity contribution >= 4 is 0 Å². The van der Waals surface area contributed by atoms with Gasteiger partial charge in [0.25, 0.3) is 0 Å². The number of aliphatic hydroxyl groups excluding tert-OH is 2. The third-order valence-electron chi connectivity index (χ3n) is 7.57. The summed E-state index contributed by atoms with van der Waals surface area (Å²) in [6, 6.07) is 0. The van der Waals surface area contributed by atoms with Crippen molar-refractivity contribution in [3.05, 3.63) is 35.5 Å². The van der Waals surface area contributed by atoms with Crippen molar-refractivity contribution in [1.29, 1.82) is 0 Å². The highest BCUT2D eigenvalue weighted by Crippen LogP contribution is 2.59. The minimum Gasteiger partial charge on any atom is -0.388 e. The van der Waals surface area contributed by atoms with E-state index in [1.807, 2.05) is 6.92 Å². The Morgan fingerprint density at radius 2 is 1.85 bits per heavy atom. The summed E-state index contributed by atoms with van der Waals surface area (Å²) in [5.74, 6) is 0.906. The highest BCUT2D eigenvalue weighted by molar-refractivity contribution is 5.29. The van der Waals surface area contributed by atoms with Gasteiger partial charge in [-0.2, -0.15) is 0 Å². The average molecular weight is 381 g/mol. The van der Waals surface area contributed by atoms with Crippen molar-refractivity contribution in [3.63, 3.8) is 0 Å². The highest BCUT2D eigenvalue weighted by Gasteiger charge is 2.50. The molecule has 6 atom stereocenters. The van der Waals surface area contributed by atoms with Gasteiger partial charge in [0.2, 0.25) is 6.43 Å². The molecule has 0 heterocycles. The van der Waals surface area contributed by atoms with Crippen LogP contribution in [0.25, 0.3) is 0 Å². The molecule has 0 spiro atoms. The van der Waals surface area contributed by atoms with E-state index >= 15 is 0 Å². The highest BCUT2D eigenvalue weighted by atomic mass is 19.3. The number of aliphatic hydroxyl groups is 2. The molecule has 3 rings (SSSR count). The van der Waals surface area contributed by atoms with Crippen LogP contribution in [0.1, 0.15) is 65.2 Å². The van der Waals surface area contributed by atoms with E-state index in [4.69, 9.17) is 0 Å². The zero-order valence-electron chi connectivity index (χ0n) is 16.6. The lowest BCUT2D eigenvalue weighted by Gasteiger charge is -2.44. The van der Waals surface area contributed by atoms with Crippen molar-refractivity contribution in [1.82, 2.24) is 0 Å². The second-order valence-electron chi connectivity index (χ2n) is 9.28. The Bertz CT molecular complexity index is 608. The fourth-order valence-corrected chi connectivity index (χ4v) is 6.08. The molecule has 0 aliphatic heterocycles. The maximum absolute atomic E-state index is 12.9. The third kappa shape index (κ3) is 4.22. The molecular formula is C23H34F2O2. The van der Waals surface area contributed by atoms with Crippen LogP contribution in [0, 0.1) is 23.2 Å². The zero-order valence-corrected chi connectivity index (χ0v) is 16.6. The van der Waals surface area contributed by atoms with E-state index < -0.39 is 18.6 Å². The van der Waals surface area contributed by atoms with Crippen molar-refractivity contribution in [3.8, 4) is 0 Å². The summed E-state index contributed by atoms with van der Waals surface area (Å²) in [6.45, 7) is 8.08. The van der Waals surface area contributed by atoms with Gasteiger partial charge in [-0.05, 0) is 73.7 Å². The van der Waals surface area contributed by atoms with Crippen molar-refractivity contribution in [2.75, 3.05) is 0 Å². The molecule has 0 amide bonds. The molecule has 4 heteroatoms. The quantitative estimate of drug-likeness (QED) is 0.640. The molecule has 2 nitrogen and oxygen atoms in total. The van der Waals surface area contributed by atoms with Crippen LogP contribution in [0.5, 0.6) is 0 Å². The maximum atomic E-state index is 12.9. The van der Waals surface area contributed by atoms with Gasteiger partial charge in [0.05, 0.1) is 12.2 Å². The van der Waals surface area contributed by atoms with Gasteiger partial charge in [-0.15, -0.1) is 0 Å². The Morgan fingerprint density at radius 1 is 1.19 bits per heavy atom. The molecular weight excluding hydrogens is 346 g/mol. The predicted octanol–water partition coefficient (Wildman–Crippen LogP) is 5.42. The fourth-order valence-electron chi connectivity index (χ4n) is 6.08. The first-order valence-electron chi connectivity index (χ1n) is 10.4. The number of allylic oxidation sites excluding steroid dienone is 3. The molecule has 0 unspecified atom stereocenters. The first-order valence-corrected chi connectivity index (χ1v) is 10.4. The fraction of sp³-hybridized carbons (Fsp3) is 0.739. The molecule has 0 radical (unpaired) electrons. The number of halogens is 2. The minimum atomic E-state index is -2.22.